The third kappa shape index (κ3) is 2.67. The number of carbonyl (C=O) groups is 1. The van der Waals surface area contributed by atoms with Crippen LogP contribution < -0.4 is 16.8 Å². The first kappa shape index (κ1) is 18.5. The fraction of sp³-hybridized carbons (Fsp3) is 0.450. The molecule has 148 valence electrons. The monoisotopic (exact) mass is 381 g/mol. The lowest BCUT2D eigenvalue weighted by molar-refractivity contribution is 0.100. The highest BCUT2D eigenvalue weighted by Crippen LogP contribution is 2.46. The number of hydrogen-bond acceptors (Lipinski definition) is 5. The molecule has 3 heterocycles. The number of carbonyl (C=O) groups excluding carboxylic acids is 1. The van der Waals surface area contributed by atoms with Gasteiger partial charge in [0.1, 0.15) is 0 Å². The number of anilines is 1. The normalized spacial score (nSPS) is 24.0. The van der Waals surface area contributed by atoms with E-state index >= 15 is 0 Å². The van der Waals surface area contributed by atoms with Crippen molar-refractivity contribution in [2.24, 2.45) is 23.9 Å². The van der Waals surface area contributed by atoms with Gasteiger partial charge in [0.2, 0.25) is 0 Å². The first-order valence-corrected chi connectivity index (χ1v) is 9.47. The second-order valence-electron chi connectivity index (χ2n) is 8.57. The highest BCUT2D eigenvalue weighted by Gasteiger charge is 2.49. The van der Waals surface area contributed by atoms with Gasteiger partial charge in [0.05, 0.1) is 28.7 Å². The molecule has 8 nitrogen and oxygen atoms in total. The van der Waals surface area contributed by atoms with Gasteiger partial charge in [-0.15, -0.1) is 0 Å². The molecule has 28 heavy (non-hydrogen) atoms. The highest BCUT2D eigenvalue weighted by molar-refractivity contribution is 6.02. The summed E-state index contributed by atoms with van der Waals surface area (Å²) in [5.41, 5.74) is 15.6. The van der Waals surface area contributed by atoms with Crippen molar-refractivity contribution in [1.82, 2.24) is 19.4 Å². The van der Waals surface area contributed by atoms with Gasteiger partial charge in [0.25, 0.3) is 5.91 Å². The van der Waals surface area contributed by atoms with Gasteiger partial charge in [-0.25, -0.2) is 4.52 Å². The SMILES string of the molecule is Cn1nccc1-c1cc2c(N[C@@H]3CC[C@](C)(N)C3(C)C)c(C(N)=O)cnn2c1. The van der Waals surface area contributed by atoms with Crippen molar-refractivity contribution in [3.05, 3.63) is 36.3 Å². The molecule has 8 heteroatoms. The Hall–Kier alpha value is -2.87. The number of aromatic nitrogens is 4. The fourth-order valence-corrected chi connectivity index (χ4v) is 4.14. The summed E-state index contributed by atoms with van der Waals surface area (Å²) in [5, 5.41) is 12.2. The molecule has 5 N–H and O–H groups in total. The maximum atomic E-state index is 12.1. The predicted octanol–water partition coefficient (Wildman–Crippen LogP) is 2.15. The van der Waals surface area contributed by atoms with Crippen molar-refractivity contribution in [1.29, 1.82) is 0 Å². The zero-order valence-corrected chi connectivity index (χ0v) is 16.7. The maximum Gasteiger partial charge on any atom is 0.252 e. The average molecular weight is 381 g/mol. The zero-order valence-electron chi connectivity index (χ0n) is 16.7. The summed E-state index contributed by atoms with van der Waals surface area (Å²) in [6, 6.07) is 4.06. The molecule has 1 aliphatic carbocycles. The third-order valence-electron chi connectivity index (χ3n) is 6.63. The van der Waals surface area contributed by atoms with Gasteiger partial charge in [-0.05, 0) is 31.9 Å². The molecule has 0 radical (unpaired) electrons. The van der Waals surface area contributed by atoms with Crippen molar-refractivity contribution in [2.75, 3.05) is 5.32 Å². The number of fused-ring (bicyclic) bond motifs is 1. The van der Waals surface area contributed by atoms with E-state index < -0.39 is 5.91 Å². The van der Waals surface area contributed by atoms with Gasteiger partial charge in [-0.3, -0.25) is 9.48 Å². The number of aryl methyl sites for hydroxylation is 1. The van der Waals surface area contributed by atoms with E-state index in [1.54, 1.807) is 15.4 Å². The van der Waals surface area contributed by atoms with E-state index in [2.05, 4.69) is 36.3 Å². The van der Waals surface area contributed by atoms with E-state index in [0.717, 1.165) is 29.6 Å². The van der Waals surface area contributed by atoms with Gasteiger partial charge >= 0.3 is 0 Å². The highest BCUT2D eigenvalue weighted by atomic mass is 16.1. The Morgan fingerprint density at radius 1 is 1.32 bits per heavy atom. The largest absolute Gasteiger partial charge is 0.379 e. The molecule has 1 fully saturated rings. The molecule has 3 aromatic rings. The van der Waals surface area contributed by atoms with E-state index in [-0.39, 0.29) is 17.0 Å². The smallest absolute Gasteiger partial charge is 0.252 e. The average Bonchev–Trinajstić information content (AvgIpc) is 3.27. The Morgan fingerprint density at radius 3 is 2.64 bits per heavy atom. The summed E-state index contributed by atoms with van der Waals surface area (Å²) in [4.78, 5) is 12.1. The summed E-state index contributed by atoms with van der Waals surface area (Å²) in [6.45, 7) is 6.42. The van der Waals surface area contributed by atoms with Crippen LogP contribution in [-0.2, 0) is 7.05 Å². The molecule has 2 atom stereocenters. The summed E-state index contributed by atoms with van der Waals surface area (Å²) < 4.78 is 3.57. The summed E-state index contributed by atoms with van der Waals surface area (Å²) in [7, 11) is 1.89. The molecule has 1 amide bonds. The molecule has 0 aromatic carbocycles. The molecule has 0 unspecified atom stereocenters. The van der Waals surface area contributed by atoms with E-state index in [0.29, 0.717) is 11.3 Å². The molecule has 0 saturated heterocycles. The van der Waals surface area contributed by atoms with Crippen molar-refractivity contribution in [2.45, 2.75) is 45.2 Å². The van der Waals surface area contributed by atoms with E-state index in [4.69, 9.17) is 11.5 Å². The zero-order chi connectivity index (χ0) is 20.3. The van der Waals surface area contributed by atoms with Crippen molar-refractivity contribution in [3.8, 4) is 11.3 Å². The van der Waals surface area contributed by atoms with Crippen LogP contribution in [0.5, 0.6) is 0 Å². The second kappa shape index (κ2) is 6.07. The summed E-state index contributed by atoms with van der Waals surface area (Å²) in [5.74, 6) is -0.507. The number of nitrogens with zero attached hydrogens (tertiary/aromatic N) is 4. The number of nitrogens with two attached hydrogens (primary N) is 2. The lowest BCUT2D eigenvalue weighted by Crippen LogP contribution is -2.51. The van der Waals surface area contributed by atoms with Crippen LogP contribution in [-0.4, -0.2) is 36.9 Å². The Balaban J connectivity index is 1.84. The summed E-state index contributed by atoms with van der Waals surface area (Å²) in [6.07, 6.45) is 7.03. The molecule has 3 aromatic heterocycles. The van der Waals surface area contributed by atoms with Crippen molar-refractivity contribution >= 4 is 17.1 Å². The van der Waals surface area contributed by atoms with Gasteiger partial charge in [0, 0.05) is 42.0 Å². The first-order valence-electron chi connectivity index (χ1n) is 9.47. The predicted molar refractivity (Wildman–Crippen MR) is 109 cm³/mol. The van der Waals surface area contributed by atoms with Gasteiger partial charge in [-0.2, -0.15) is 10.2 Å². The van der Waals surface area contributed by atoms with E-state index in [1.807, 2.05) is 25.4 Å². The molecule has 1 aliphatic rings. The number of rotatable bonds is 4. The fourth-order valence-electron chi connectivity index (χ4n) is 4.14. The first-order chi connectivity index (χ1) is 13.1. The number of hydrogen-bond donors (Lipinski definition) is 3. The molecular formula is C20H27N7O. The lowest BCUT2D eigenvalue weighted by Gasteiger charge is -2.39. The molecule has 0 aliphatic heterocycles. The molecule has 0 bridgehead atoms. The minimum Gasteiger partial charge on any atom is -0.379 e. The van der Waals surface area contributed by atoms with Crippen molar-refractivity contribution < 1.29 is 4.79 Å². The van der Waals surface area contributed by atoms with Crippen molar-refractivity contribution in [3.63, 3.8) is 0 Å². The van der Waals surface area contributed by atoms with Crippen LogP contribution >= 0.6 is 0 Å². The minimum absolute atomic E-state index is 0.113. The second-order valence-corrected chi connectivity index (χ2v) is 8.57. The standard InChI is InChI=1S/C20H27N7O/c1-19(2)16(5-7-20(19,3)22)25-17-13(18(21)28)10-24-27-11-12(9-15(17)27)14-6-8-23-26(14)4/h6,8-11,16,25H,5,7,22H2,1-4H3,(H2,21,28)/t16-,20+/m1/s1. The molecular weight excluding hydrogens is 354 g/mol. The number of primary amides is 1. The van der Waals surface area contributed by atoms with Crippen LogP contribution in [0.2, 0.25) is 0 Å². The van der Waals surface area contributed by atoms with Gasteiger partial charge in [-0.1, -0.05) is 13.8 Å². The number of amides is 1. The molecule has 0 spiro atoms. The Bertz CT molecular complexity index is 1060. The Kier molecular flexibility index (Phi) is 4.01. The van der Waals surface area contributed by atoms with E-state index in [9.17, 15) is 4.79 Å². The topological polar surface area (TPSA) is 116 Å². The minimum atomic E-state index is -0.507. The molecule has 1 saturated carbocycles. The third-order valence-corrected chi connectivity index (χ3v) is 6.63. The maximum absolute atomic E-state index is 12.1. The van der Waals surface area contributed by atoms with Gasteiger partial charge < -0.3 is 16.8 Å². The quantitative estimate of drug-likeness (QED) is 0.640. The van der Waals surface area contributed by atoms with Crippen LogP contribution in [0.4, 0.5) is 5.69 Å². The van der Waals surface area contributed by atoms with Crippen LogP contribution in [0, 0.1) is 5.41 Å². The molecule has 4 rings (SSSR count). The van der Waals surface area contributed by atoms with Crippen LogP contribution in [0.15, 0.2) is 30.7 Å². The van der Waals surface area contributed by atoms with Crippen LogP contribution in [0.1, 0.15) is 44.0 Å². The Labute approximate surface area is 163 Å². The van der Waals surface area contributed by atoms with Crippen LogP contribution in [0.25, 0.3) is 16.8 Å². The van der Waals surface area contributed by atoms with E-state index in [1.165, 1.54) is 6.20 Å². The Morgan fingerprint density at radius 2 is 2.07 bits per heavy atom. The van der Waals surface area contributed by atoms with Crippen LogP contribution in [0.3, 0.4) is 0 Å². The van der Waals surface area contributed by atoms with Gasteiger partial charge in [0.15, 0.2) is 0 Å². The number of nitrogens with one attached hydrogen (secondary N) is 1. The lowest BCUT2D eigenvalue weighted by atomic mass is 9.75. The summed E-state index contributed by atoms with van der Waals surface area (Å²) >= 11 is 0.